The van der Waals surface area contributed by atoms with Crippen molar-refractivity contribution in [1.29, 1.82) is 0 Å². The maximum atomic E-state index is 13.8. The average Bonchev–Trinajstić information content (AvgIpc) is 2.25. The molecule has 0 bridgehead atoms. The minimum absolute atomic E-state index is 0.0698. The molecule has 2 nitrogen and oxygen atoms in total. The van der Waals surface area contributed by atoms with Crippen LogP contribution < -0.4 is 0 Å². The Bertz CT molecular complexity index is 375. The van der Waals surface area contributed by atoms with E-state index in [1.807, 2.05) is 37.3 Å². The fraction of sp³-hybridized carbons (Fsp3) is 0.462. The summed E-state index contributed by atoms with van der Waals surface area (Å²) >= 11 is 0. The number of carbonyl (C=O) groups is 1. The number of benzene rings is 1. The van der Waals surface area contributed by atoms with Crippen LogP contribution in [0.15, 0.2) is 30.3 Å². The third-order valence-electron chi connectivity index (χ3n) is 2.70. The Morgan fingerprint density at radius 1 is 1.35 bits per heavy atom. The SMILES string of the molecule is CC(=O)N(C[Si](C)(C)F)[C@@H](C)c1ccccc1. The van der Waals surface area contributed by atoms with Gasteiger partial charge in [-0.2, -0.15) is 0 Å². The quantitative estimate of drug-likeness (QED) is 0.595. The Morgan fingerprint density at radius 3 is 2.29 bits per heavy atom. The van der Waals surface area contributed by atoms with Crippen LogP contribution in [-0.2, 0) is 4.79 Å². The molecule has 0 spiro atoms. The maximum Gasteiger partial charge on any atom is 0.259 e. The minimum Gasteiger partial charge on any atom is -0.336 e. The van der Waals surface area contributed by atoms with Gasteiger partial charge in [0.25, 0.3) is 8.41 Å². The molecule has 0 aliphatic rings. The van der Waals surface area contributed by atoms with Gasteiger partial charge in [0.2, 0.25) is 5.91 Å². The lowest BCUT2D eigenvalue weighted by Crippen LogP contribution is -2.43. The summed E-state index contributed by atoms with van der Waals surface area (Å²) in [4.78, 5) is 13.2. The molecule has 94 valence electrons. The van der Waals surface area contributed by atoms with Gasteiger partial charge < -0.3 is 9.01 Å². The van der Waals surface area contributed by atoms with Gasteiger partial charge >= 0.3 is 0 Å². The Hall–Kier alpha value is -1.16. The fourth-order valence-electron chi connectivity index (χ4n) is 1.84. The monoisotopic (exact) mass is 253 g/mol. The molecule has 17 heavy (non-hydrogen) atoms. The van der Waals surface area contributed by atoms with Gasteiger partial charge in [0, 0.05) is 13.1 Å². The topological polar surface area (TPSA) is 20.3 Å². The van der Waals surface area contributed by atoms with E-state index in [1.165, 1.54) is 6.92 Å². The number of rotatable bonds is 4. The highest BCUT2D eigenvalue weighted by Crippen LogP contribution is 2.22. The van der Waals surface area contributed by atoms with Gasteiger partial charge in [-0.3, -0.25) is 4.79 Å². The van der Waals surface area contributed by atoms with Gasteiger partial charge in [-0.25, -0.2) is 0 Å². The van der Waals surface area contributed by atoms with E-state index in [-0.39, 0.29) is 18.1 Å². The smallest absolute Gasteiger partial charge is 0.259 e. The molecule has 1 aromatic rings. The van der Waals surface area contributed by atoms with Crippen molar-refractivity contribution in [2.24, 2.45) is 0 Å². The van der Waals surface area contributed by atoms with Crippen LogP contribution in [-0.4, -0.2) is 25.4 Å². The van der Waals surface area contributed by atoms with E-state index in [2.05, 4.69) is 0 Å². The third kappa shape index (κ3) is 4.30. The van der Waals surface area contributed by atoms with E-state index < -0.39 is 8.41 Å². The second kappa shape index (κ2) is 5.45. The lowest BCUT2D eigenvalue weighted by atomic mass is 10.1. The molecule has 0 aromatic heterocycles. The molecule has 1 amide bonds. The number of carbonyl (C=O) groups excluding carboxylic acids is 1. The van der Waals surface area contributed by atoms with Gasteiger partial charge in [0.05, 0.1) is 6.04 Å². The molecule has 1 rings (SSSR count). The van der Waals surface area contributed by atoms with Gasteiger partial charge in [0.1, 0.15) is 0 Å². The number of hydrogen-bond donors (Lipinski definition) is 0. The van der Waals surface area contributed by atoms with E-state index in [1.54, 1.807) is 18.0 Å². The largest absolute Gasteiger partial charge is 0.336 e. The van der Waals surface area contributed by atoms with Crippen LogP contribution >= 0.6 is 0 Å². The van der Waals surface area contributed by atoms with Crippen LogP contribution in [0, 0.1) is 0 Å². The van der Waals surface area contributed by atoms with Crippen LogP contribution in [0.4, 0.5) is 4.11 Å². The summed E-state index contributed by atoms with van der Waals surface area (Å²) in [5.74, 6) is -0.0698. The highest BCUT2D eigenvalue weighted by Gasteiger charge is 2.29. The zero-order chi connectivity index (χ0) is 13.1. The molecule has 0 heterocycles. The first-order valence-corrected chi connectivity index (χ1v) is 8.91. The molecule has 0 saturated carbocycles. The van der Waals surface area contributed by atoms with Crippen LogP contribution in [0.3, 0.4) is 0 Å². The van der Waals surface area contributed by atoms with E-state index in [9.17, 15) is 8.90 Å². The van der Waals surface area contributed by atoms with Crippen molar-refractivity contribution in [2.45, 2.75) is 33.0 Å². The number of nitrogens with zero attached hydrogens (tertiary/aromatic N) is 1. The molecule has 0 unspecified atom stereocenters. The first-order valence-electron chi connectivity index (χ1n) is 5.82. The summed E-state index contributed by atoms with van der Waals surface area (Å²) in [6, 6.07) is 9.66. The number of hydrogen-bond acceptors (Lipinski definition) is 1. The van der Waals surface area contributed by atoms with Crippen LogP contribution in [0.25, 0.3) is 0 Å². The second-order valence-corrected chi connectivity index (χ2v) is 8.71. The maximum absolute atomic E-state index is 13.8. The third-order valence-corrected chi connectivity index (χ3v) is 3.79. The molecule has 1 aromatic carbocycles. The molecule has 0 radical (unpaired) electrons. The van der Waals surface area contributed by atoms with Crippen molar-refractivity contribution in [1.82, 2.24) is 4.90 Å². The average molecular weight is 253 g/mol. The zero-order valence-electron chi connectivity index (χ0n) is 10.9. The predicted molar refractivity (Wildman–Crippen MR) is 70.8 cm³/mol. The fourth-order valence-corrected chi connectivity index (χ4v) is 3.14. The van der Waals surface area contributed by atoms with Crippen LogP contribution in [0.1, 0.15) is 25.5 Å². The Kier molecular flexibility index (Phi) is 4.45. The molecule has 0 saturated heterocycles. The molecule has 0 aliphatic heterocycles. The summed E-state index contributed by atoms with van der Waals surface area (Å²) in [7, 11) is -2.77. The zero-order valence-corrected chi connectivity index (χ0v) is 11.9. The molecule has 0 aliphatic carbocycles. The van der Waals surface area contributed by atoms with Crippen molar-refractivity contribution >= 4 is 14.3 Å². The first kappa shape index (κ1) is 13.9. The van der Waals surface area contributed by atoms with Gasteiger partial charge in [0.15, 0.2) is 0 Å². The van der Waals surface area contributed by atoms with Crippen molar-refractivity contribution in [3.05, 3.63) is 35.9 Å². The molecular formula is C13H20FNOSi. The van der Waals surface area contributed by atoms with Crippen LogP contribution in [0.2, 0.25) is 13.1 Å². The highest BCUT2D eigenvalue weighted by molar-refractivity contribution is 6.70. The molecule has 0 N–H and O–H groups in total. The Morgan fingerprint density at radius 2 is 1.88 bits per heavy atom. The Labute approximate surface area is 104 Å². The summed E-state index contributed by atoms with van der Waals surface area (Å²) in [6.45, 7) is 6.69. The van der Waals surface area contributed by atoms with E-state index in [0.717, 1.165) is 5.56 Å². The number of halogens is 1. The van der Waals surface area contributed by atoms with Gasteiger partial charge in [-0.1, -0.05) is 30.3 Å². The van der Waals surface area contributed by atoms with Crippen molar-refractivity contribution < 1.29 is 8.90 Å². The van der Waals surface area contributed by atoms with E-state index in [0.29, 0.717) is 0 Å². The standard InChI is InChI=1S/C13H20FNOSi/c1-11(13-8-6-5-7-9-13)15(12(2)16)10-17(3,4)14/h5-9,11H,10H2,1-4H3/t11-/m0/s1. The molecule has 4 heteroatoms. The van der Waals surface area contributed by atoms with Gasteiger partial charge in [-0.05, 0) is 25.6 Å². The molecular weight excluding hydrogens is 233 g/mol. The highest BCUT2D eigenvalue weighted by atomic mass is 28.4. The Balaban J connectivity index is 2.89. The van der Waals surface area contributed by atoms with Gasteiger partial charge in [-0.15, -0.1) is 0 Å². The van der Waals surface area contributed by atoms with E-state index >= 15 is 0 Å². The summed E-state index contributed by atoms with van der Waals surface area (Å²) < 4.78 is 13.8. The van der Waals surface area contributed by atoms with E-state index in [4.69, 9.17) is 0 Å². The minimum atomic E-state index is -2.77. The van der Waals surface area contributed by atoms with Crippen molar-refractivity contribution in [2.75, 3.05) is 6.17 Å². The van der Waals surface area contributed by atoms with Crippen molar-refractivity contribution in [3.63, 3.8) is 0 Å². The number of amides is 1. The lowest BCUT2D eigenvalue weighted by Gasteiger charge is -2.31. The molecule has 0 fully saturated rings. The van der Waals surface area contributed by atoms with Crippen molar-refractivity contribution in [3.8, 4) is 0 Å². The summed E-state index contributed by atoms with van der Waals surface area (Å²) in [6.07, 6.45) is 0.248. The lowest BCUT2D eigenvalue weighted by molar-refractivity contribution is -0.130. The molecule has 1 atom stereocenters. The normalized spacial score (nSPS) is 13.2. The first-order chi connectivity index (χ1) is 7.81. The summed E-state index contributed by atoms with van der Waals surface area (Å²) in [5.41, 5.74) is 1.04. The second-order valence-electron chi connectivity index (χ2n) is 4.95. The van der Waals surface area contributed by atoms with Crippen LogP contribution in [0.5, 0.6) is 0 Å². The summed E-state index contributed by atoms with van der Waals surface area (Å²) in [5, 5.41) is 0. The predicted octanol–water partition coefficient (Wildman–Crippen LogP) is 3.31.